The van der Waals surface area contributed by atoms with Crippen LogP contribution in [0.25, 0.3) is 0 Å². The topological polar surface area (TPSA) is 38.5 Å². The number of nitrogens with two attached hydrogens (primary N) is 1. The third-order valence-electron chi connectivity index (χ3n) is 3.37. The van der Waals surface area contributed by atoms with E-state index in [2.05, 4.69) is 49.9 Å². The van der Waals surface area contributed by atoms with E-state index in [9.17, 15) is 0 Å². The fraction of sp³-hybridized carbons (Fsp3) is 0.600. The molecule has 0 aliphatic heterocycles. The van der Waals surface area contributed by atoms with Gasteiger partial charge in [-0.15, -0.1) is 0 Å². The third kappa shape index (κ3) is 3.47. The van der Waals surface area contributed by atoms with Gasteiger partial charge in [-0.1, -0.05) is 25.1 Å². The number of methoxy groups -OCH3 is 1. The molecule has 18 heavy (non-hydrogen) atoms. The molecule has 0 saturated carbocycles. The van der Waals surface area contributed by atoms with E-state index in [1.807, 2.05) is 0 Å². The zero-order valence-electron chi connectivity index (χ0n) is 12.0. The number of nitrogens with zero attached hydrogens (tertiary/aromatic N) is 1. The maximum atomic E-state index is 6.20. The van der Waals surface area contributed by atoms with Gasteiger partial charge in [-0.3, -0.25) is 0 Å². The fourth-order valence-electron chi connectivity index (χ4n) is 2.33. The van der Waals surface area contributed by atoms with Crippen LogP contribution in [0.5, 0.6) is 0 Å². The molecule has 1 rings (SSSR count). The van der Waals surface area contributed by atoms with Crippen LogP contribution in [0.2, 0.25) is 0 Å². The van der Waals surface area contributed by atoms with Gasteiger partial charge in [0.2, 0.25) is 0 Å². The second-order valence-electron chi connectivity index (χ2n) is 4.66. The summed E-state index contributed by atoms with van der Waals surface area (Å²) in [7, 11) is 1.74. The van der Waals surface area contributed by atoms with E-state index < -0.39 is 0 Å². The summed E-state index contributed by atoms with van der Waals surface area (Å²) in [6, 6.07) is 8.87. The molecule has 0 aliphatic carbocycles. The maximum Gasteiger partial charge on any atom is 0.0663 e. The average molecular weight is 250 g/mol. The molecule has 102 valence electrons. The molecule has 2 unspecified atom stereocenters. The van der Waals surface area contributed by atoms with Gasteiger partial charge in [0.05, 0.1) is 6.61 Å². The maximum absolute atomic E-state index is 6.20. The lowest BCUT2D eigenvalue weighted by atomic mass is 10.0. The highest BCUT2D eigenvalue weighted by Gasteiger charge is 2.17. The van der Waals surface area contributed by atoms with E-state index in [1.54, 1.807) is 7.11 Å². The Balaban J connectivity index is 3.05. The van der Waals surface area contributed by atoms with E-state index in [0.29, 0.717) is 6.04 Å². The molecule has 0 fully saturated rings. The Bertz CT molecular complexity index is 354. The lowest BCUT2D eigenvalue weighted by Gasteiger charge is -2.32. The Morgan fingerprint density at radius 1 is 1.28 bits per heavy atom. The van der Waals surface area contributed by atoms with Crippen molar-refractivity contribution in [2.24, 2.45) is 5.73 Å². The first-order chi connectivity index (χ1) is 8.65. The molecule has 2 N–H and O–H groups in total. The Hall–Kier alpha value is -1.06. The first-order valence-corrected chi connectivity index (χ1v) is 6.75. The van der Waals surface area contributed by atoms with Crippen LogP contribution in [0.3, 0.4) is 0 Å². The van der Waals surface area contributed by atoms with Crippen LogP contribution >= 0.6 is 0 Å². The van der Waals surface area contributed by atoms with Gasteiger partial charge in [-0.2, -0.15) is 0 Å². The Labute approximate surface area is 111 Å². The first-order valence-electron chi connectivity index (χ1n) is 6.75. The minimum Gasteiger partial charge on any atom is -0.383 e. The van der Waals surface area contributed by atoms with Crippen LogP contribution in [0, 0.1) is 0 Å². The minimum absolute atomic E-state index is 0.102. The standard InChI is InChI=1S/C15H26N2O/c1-5-14(16)13-9-7-8-10-15(13)17(6-2)12(3)11-18-4/h7-10,12,14H,5-6,11,16H2,1-4H3. The van der Waals surface area contributed by atoms with E-state index in [4.69, 9.17) is 10.5 Å². The predicted octanol–water partition coefficient (Wildman–Crippen LogP) is 2.96. The van der Waals surface area contributed by atoms with Crippen molar-refractivity contribution >= 4 is 5.69 Å². The molecule has 0 aromatic heterocycles. The molecule has 3 nitrogen and oxygen atoms in total. The molecule has 2 atom stereocenters. The SMILES string of the molecule is CCC(N)c1ccccc1N(CC)C(C)COC. The fourth-order valence-corrected chi connectivity index (χ4v) is 2.33. The lowest BCUT2D eigenvalue weighted by Crippen LogP contribution is -2.37. The van der Waals surface area contributed by atoms with Crippen LogP contribution in [-0.4, -0.2) is 26.3 Å². The zero-order valence-corrected chi connectivity index (χ0v) is 12.0. The molecule has 0 radical (unpaired) electrons. The highest BCUT2D eigenvalue weighted by atomic mass is 16.5. The molecule has 1 aromatic carbocycles. The number of hydrogen-bond acceptors (Lipinski definition) is 3. The van der Waals surface area contributed by atoms with Gasteiger partial charge in [0.25, 0.3) is 0 Å². The minimum atomic E-state index is 0.102. The highest BCUT2D eigenvalue weighted by molar-refractivity contribution is 5.55. The quantitative estimate of drug-likeness (QED) is 0.808. The molecule has 3 heteroatoms. The summed E-state index contributed by atoms with van der Waals surface area (Å²) in [6.45, 7) is 8.15. The van der Waals surface area contributed by atoms with Crippen molar-refractivity contribution in [2.45, 2.75) is 39.3 Å². The van der Waals surface area contributed by atoms with Gasteiger partial charge in [-0.05, 0) is 31.9 Å². The smallest absolute Gasteiger partial charge is 0.0663 e. The number of likely N-dealkylation sites (N-methyl/N-ethyl adjacent to an activating group) is 1. The van der Waals surface area contributed by atoms with Crippen LogP contribution in [0.15, 0.2) is 24.3 Å². The van der Waals surface area contributed by atoms with Crippen molar-refractivity contribution in [3.05, 3.63) is 29.8 Å². The van der Waals surface area contributed by atoms with Crippen molar-refractivity contribution in [3.8, 4) is 0 Å². The summed E-state index contributed by atoms with van der Waals surface area (Å²) in [5.74, 6) is 0. The summed E-state index contributed by atoms with van der Waals surface area (Å²) in [5, 5.41) is 0. The summed E-state index contributed by atoms with van der Waals surface area (Å²) >= 11 is 0. The van der Waals surface area contributed by atoms with E-state index in [-0.39, 0.29) is 6.04 Å². The van der Waals surface area contributed by atoms with Gasteiger partial charge in [-0.25, -0.2) is 0 Å². The van der Waals surface area contributed by atoms with Crippen molar-refractivity contribution < 1.29 is 4.74 Å². The summed E-state index contributed by atoms with van der Waals surface area (Å²) in [4.78, 5) is 2.36. The highest BCUT2D eigenvalue weighted by Crippen LogP contribution is 2.28. The normalized spacial score (nSPS) is 14.3. The molecule has 0 saturated heterocycles. The predicted molar refractivity (Wildman–Crippen MR) is 78.0 cm³/mol. The van der Waals surface area contributed by atoms with Gasteiger partial charge in [0.1, 0.15) is 0 Å². The van der Waals surface area contributed by atoms with Crippen molar-refractivity contribution in [1.82, 2.24) is 0 Å². The van der Waals surface area contributed by atoms with Crippen LogP contribution in [0.1, 0.15) is 38.8 Å². The van der Waals surface area contributed by atoms with Gasteiger partial charge in [0, 0.05) is 31.4 Å². The Kier molecular flexibility index (Phi) is 6.16. The van der Waals surface area contributed by atoms with Gasteiger partial charge < -0.3 is 15.4 Å². The molecule has 1 aromatic rings. The summed E-state index contributed by atoms with van der Waals surface area (Å²) in [5.41, 5.74) is 8.67. The van der Waals surface area contributed by atoms with Crippen molar-refractivity contribution in [2.75, 3.05) is 25.2 Å². The summed E-state index contributed by atoms with van der Waals surface area (Å²) in [6.07, 6.45) is 0.952. The second kappa shape index (κ2) is 7.39. The van der Waals surface area contributed by atoms with E-state index >= 15 is 0 Å². The number of rotatable bonds is 7. The number of anilines is 1. The number of hydrogen-bond donors (Lipinski definition) is 1. The van der Waals surface area contributed by atoms with Crippen LogP contribution in [0.4, 0.5) is 5.69 Å². The third-order valence-corrected chi connectivity index (χ3v) is 3.37. The number of benzene rings is 1. The first kappa shape index (κ1) is 15.0. The molecule has 0 amide bonds. The van der Waals surface area contributed by atoms with E-state index in [1.165, 1.54) is 11.3 Å². The zero-order chi connectivity index (χ0) is 13.5. The van der Waals surface area contributed by atoms with Crippen molar-refractivity contribution in [3.63, 3.8) is 0 Å². The molecular weight excluding hydrogens is 224 g/mol. The molecule has 0 heterocycles. The molecule has 0 aliphatic rings. The Morgan fingerprint density at radius 3 is 2.50 bits per heavy atom. The Morgan fingerprint density at radius 2 is 1.94 bits per heavy atom. The average Bonchev–Trinajstić information content (AvgIpc) is 2.39. The molecular formula is C15H26N2O. The number of para-hydroxylation sites is 1. The second-order valence-corrected chi connectivity index (χ2v) is 4.66. The molecule has 0 spiro atoms. The monoisotopic (exact) mass is 250 g/mol. The van der Waals surface area contributed by atoms with E-state index in [0.717, 1.165) is 19.6 Å². The molecule has 0 bridgehead atoms. The summed E-state index contributed by atoms with van der Waals surface area (Å²) < 4.78 is 5.26. The lowest BCUT2D eigenvalue weighted by molar-refractivity contribution is 0.182. The largest absolute Gasteiger partial charge is 0.383 e. The van der Waals surface area contributed by atoms with Gasteiger partial charge in [0.15, 0.2) is 0 Å². The van der Waals surface area contributed by atoms with Crippen LogP contribution < -0.4 is 10.6 Å². The number of ether oxygens (including phenoxy) is 1. The van der Waals surface area contributed by atoms with Gasteiger partial charge >= 0.3 is 0 Å². The van der Waals surface area contributed by atoms with Crippen LogP contribution in [-0.2, 0) is 4.74 Å². The van der Waals surface area contributed by atoms with Crippen molar-refractivity contribution in [1.29, 1.82) is 0 Å².